The Morgan fingerprint density at radius 1 is 1.19 bits per heavy atom. The van der Waals surface area contributed by atoms with E-state index in [0.29, 0.717) is 0 Å². The maximum absolute atomic E-state index is 9.72. The van der Waals surface area contributed by atoms with E-state index in [9.17, 15) is 15.3 Å². The molecule has 1 saturated heterocycles. The summed E-state index contributed by atoms with van der Waals surface area (Å²) < 4.78 is 6.59. The average molecular weight is 230 g/mol. The highest BCUT2D eigenvalue weighted by Crippen LogP contribution is 2.27. The lowest BCUT2D eigenvalue weighted by atomic mass is 9.98. The van der Waals surface area contributed by atoms with Crippen molar-refractivity contribution in [3.63, 3.8) is 0 Å². The normalized spacial score (nSPS) is 39.9. The summed E-state index contributed by atoms with van der Waals surface area (Å²) in [6.07, 6.45) is -2.77. The van der Waals surface area contributed by atoms with Crippen LogP contribution in [0.5, 0.6) is 0 Å². The second-order valence-electron chi connectivity index (χ2n) is 3.71. The predicted molar refractivity (Wildman–Crippen MR) is 51.2 cm³/mol. The Hall–Kier alpha value is -0.990. The smallest absolute Gasteiger partial charge is 0.179 e. The monoisotopic (exact) mass is 230 g/mol. The van der Waals surface area contributed by atoms with Crippen molar-refractivity contribution in [1.82, 2.24) is 9.78 Å². The van der Waals surface area contributed by atoms with Crippen molar-refractivity contribution in [1.29, 1.82) is 0 Å². The summed E-state index contributed by atoms with van der Waals surface area (Å²) >= 11 is 0. The first-order valence-corrected chi connectivity index (χ1v) is 4.95. The van der Waals surface area contributed by atoms with Crippen molar-refractivity contribution in [2.75, 3.05) is 6.61 Å². The molecule has 1 aromatic rings. The lowest BCUT2D eigenvalue weighted by molar-refractivity contribution is -0.253. The molecule has 1 aliphatic heterocycles. The maximum atomic E-state index is 9.72. The van der Waals surface area contributed by atoms with Crippen molar-refractivity contribution in [2.24, 2.45) is 0 Å². The number of hydrogen-bond donors (Lipinski definition) is 4. The summed E-state index contributed by atoms with van der Waals surface area (Å²) in [5.74, 6) is 0. The van der Waals surface area contributed by atoms with Crippen molar-refractivity contribution < 1.29 is 25.2 Å². The molecule has 5 unspecified atom stereocenters. The highest BCUT2D eigenvalue weighted by Gasteiger charge is 2.44. The zero-order valence-electron chi connectivity index (χ0n) is 8.42. The summed E-state index contributed by atoms with van der Waals surface area (Å²) in [4.78, 5) is 0. The summed E-state index contributed by atoms with van der Waals surface area (Å²) in [5.41, 5.74) is 0. The van der Waals surface area contributed by atoms with E-state index in [1.54, 1.807) is 12.3 Å². The number of aliphatic hydroxyl groups is 4. The summed E-state index contributed by atoms with van der Waals surface area (Å²) in [7, 11) is 0. The number of aliphatic hydroxyl groups excluding tert-OH is 4. The van der Waals surface area contributed by atoms with E-state index >= 15 is 0 Å². The molecular formula is C9H14N2O5. The van der Waals surface area contributed by atoms with Crippen LogP contribution < -0.4 is 0 Å². The molecule has 5 atom stereocenters. The van der Waals surface area contributed by atoms with Gasteiger partial charge in [-0.1, -0.05) is 0 Å². The van der Waals surface area contributed by atoms with Crippen LogP contribution in [-0.2, 0) is 4.74 Å². The Labute approximate surface area is 91.5 Å². The molecule has 2 heterocycles. The van der Waals surface area contributed by atoms with Crippen LogP contribution in [0.25, 0.3) is 0 Å². The van der Waals surface area contributed by atoms with E-state index in [4.69, 9.17) is 9.84 Å². The second kappa shape index (κ2) is 4.48. The standard InChI is InChI=1S/C9H14N2O5/c12-4-5-6(13)7(14)8(15)9(16-5)11-3-1-2-10-11/h1-3,5-9,12-15H,4H2. The summed E-state index contributed by atoms with van der Waals surface area (Å²) in [6.45, 7) is -0.442. The molecule has 0 saturated carbocycles. The van der Waals surface area contributed by atoms with E-state index in [1.807, 2.05) is 0 Å². The number of aromatic nitrogens is 2. The van der Waals surface area contributed by atoms with Gasteiger partial charge in [0.25, 0.3) is 0 Å². The summed E-state index contributed by atoms with van der Waals surface area (Å²) in [6, 6.07) is 1.64. The van der Waals surface area contributed by atoms with E-state index in [1.165, 1.54) is 10.9 Å². The van der Waals surface area contributed by atoms with Crippen molar-refractivity contribution in [2.45, 2.75) is 30.6 Å². The van der Waals surface area contributed by atoms with Gasteiger partial charge in [0.05, 0.1) is 6.61 Å². The van der Waals surface area contributed by atoms with Crippen LogP contribution in [0.1, 0.15) is 6.23 Å². The fourth-order valence-corrected chi connectivity index (χ4v) is 1.73. The van der Waals surface area contributed by atoms with Gasteiger partial charge in [0.2, 0.25) is 0 Å². The van der Waals surface area contributed by atoms with E-state index in [0.717, 1.165) is 0 Å². The molecule has 4 N–H and O–H groups in total. The van der Waals surface area contributed by atoms with Crippen LogP contribution >= 0.6 is 0 Å². The minimum atomic E-state index is -1.37. The van der Waals surface area contributed by atoms with E-state index in [2.05, 4.69) is 5.10 Å². The number of hydrogen-bond acceptors (Lipinski definition) is 6. The first-order valence-electron chi connectivity index (χ1n) is 4.95. The van der Waals surface area contributed by atoms with Gasteiger partial charge in [-0.15, -0.1) is 0 Å². The fraction of sp³-hybridized carbons (Fsp3) is 0.667. The predicted octanol–water partition coefficient (Wildman–Crippen LogP) is -2.14. The molecule has 0 aromatic carbocycles. The molecular weight excluding hydrogens is 216 g/mol. The molecule has 16 heavy (non-hydrogen) atoms. The molecule has 1 aromatic heterocycles. The van der Waals surface area contributed by atoms with Crippen LogP contribution in [0.2, 0.25) is 0 Å². The number of rotatable bonds is 2. The van der Waals surface area contributed by atoms with Gasteiger partial charge in [-0.3, -0.25) is 0 Å². The first-order chi connectivity index (χ1) is 7.65. The van der Waals surface area contributed by atoms with Crippen LogP contribution in [0.3, 0.4) is 0 Å². The Bertz CT molecular complexity index is 329. The quantitative estimate of drug-likeness (QED) is 0.461. The molecule has 1 aliphatic rings. The van der Waals surface area contributed by atoms with E-state index in [-0.39, 0.29) is 0 Å². The molecule has 7 heteroatoms. The van der Waals surface area contributed by atoms with Crippen molar-refractivity contribution in [3.05, 3.63) is 18.5 Å². The van der Waals surface area contributed by atoms with Crippen molar-refractivity contribution in [3.8, 4) is 0 Å². The molecule has 1 fully saturated rings. The van der Waals surface area contributed by atoms with Gasteiger partial charge in [0.1, 0.15) is 24.4 Å². The zero-order valence-corrected chi connectivity index (χ0v) is 8.42. The average Bonchev–Trinajstić information content (AvgIpc) is 2.80. The molecule has 0 radical (unpaired) electrons. The Balaban J connectivity index is 2.20. The maximum Gasteiger partial charge on any atom is 0.179 e. The molecule has 2 rings (SSSR count). The summed E-state index contributed by atoms with van der Waals surface area (Å²) in [5, 5.41) is 41.6. The van der Waals surface area contributed by atoms with Crippen molar-refractivity contribution >= 4 is 0 Å². The van der Waals surface area contributed by atoms with E-state index < -0.39 is 37.3 Å². The molecule has 0 bridgehead atoms. The SMILES string of the molecule is OCC1OC(n2cccn2)C(O)C(O)C1O. The second-order valence-corrected chi connectivity index (χ2v) is 3.71. The van der Waals surface area contributed by atoms with Gasteiger partial charge in [-0.2, -0.15) is 5.10 Å². The van der Waals surface area contributed by atoms with Gasteiger partial charge in [-0.05, 0) is 6.07 Å². The molecule has 7 nitrogen and oxygen atoms in total. The molecule has 0 spiro atoms. The molecule has 0 aliphatic carbocycles. The van der Waals surface area contributed by atoms with Gasteiger partial charge in [0, 0.05) is 12.4 Å². The van der Waals surface area contributed by atoms with Gasteiger partial charge < -0.3 is 25.2 Å². The minimum Gasteiger partial charge on any atom is -0.394 e. The van der Waals surface area contributed by atoms with Gasteiger partial charge >= 0.3 is 0 Å². The van der Waals surface area contributed by atoms with Crippen LogP contribution in [0.4, 0.5) is 0 Å². The highest BCUT2D eigenvalue weighted by atomic mass is 16.6. The van der Waals surface area contributed by atoms with Crippen LogP contribution in [0, 0.1) is 0 Å². The van der Waals surface area contributed by atoms with Gasteiger partial charge in [-0.25, -0.2) is 4.68 Å². The zero-order chi connectivity index (χ0) is 11.7. The number of nitrogens with zero attached hydrogens (tertiary/aromatic N) is 2. The topological polar surface area (TPSA) is 108 Å². The Morgan fingerprint density at radius 3 is 2.50 bits per heavy atom. The first kappa shape index (κ1) is 11.5. The third kappa shape index (κ3) is 1.83. The largest absolute Gasteiger partial charge is 0.394 e. The third-order valence-corrected chi connectivity index (χ3v) is 2.65. The minimum absolute atomic E-state index is 0.442. The lowest BCUT2D eigenvalue weighted by Gasteiger charge is -2.39. The van der Waals surface area contributed by atoms with Crippen LogP contribution in [0.15, 0.2) is 18.5 Å². The lowest BCUT2D eigenvalue weighted by Crippen LogP contribution is -2.56. The van der Waals surface area contributed by atoms with Crippen LogP contribution in [-0.4, -0.2) is 61.2 Å². The molecule has 90 valence electrons. The fourth-order valence-electron chi connectivity index (χ4n) is 1.73. The third-order valence-electron chi connectivity index (χ3n) is 2.65. The Kier molecular flexibility index (Phi) is 3.22. The highest BCUT2D eigenvalue weighted by molar-refractivity contribution is 4.92. The molecule has 0 amide bonds. The van der Waals surface area contributed by atoms with Gasteiger partial charge in [0.15, 0.2) is 6.23 Å². The number of ether oxygens (including phenoxy) is 1. The Morgan fingerprint density at radius 2 is 1.94 bits per heavy atom.